The van der Waals surface area contributed by atoms with Gasteiger partial charge < -0.3 is 14.7 Å². The van der Waals surface area contributed by atoms with Gasteiger partial charge in [0.1, 0.15) is 5.78 Å². The molecule has 0 aliphatic rings. The number of pyridine rings is 1. The highest BCUT2D eigenvalue weighted by Gasteiger charge is 2.37. The summed E-state index contributed by atoms with van der Waals surface area (Å²) in [7, 11) is 0.669. The number of anilines is 2. The standard InChI is InChI=1S/C22H26N3O2P/c1-4-27-28(26,21-14-12-20(13-15-21)25(2)3)22(18-9-8-16-23-17-18)24-19-10-6-5-7-11-19/h5-17,22,24H,4H2,1-3H3. The van der Waals surface area contributed by atoms with E-state index in [-0.39, 0.29) is 0 Å². The summed E-state index contributed by atoms with van der Waals surface area (Å²) in [6, 6.07) is 21.2. The summed E-state index contributed by atoms with van der Waals surface area (Å²) >= 11 is 0. The molecular weight excluding hydrogens is 369 g/mol. The van der Waals surface area contributed by atoms with Crippen molar-refractivity contribution in [3.8, 4) is 0 Å². The minimum atomic E-state index is -3.29. The van der Waals surface area contributed by atoms with Crippen LogP contribution in [0.25, 0.3) is 0 Å². The minimum Gasteiger partial charge on any atom is -0.378 e. The van der Waals surface area contributed by atoms with E-state index >= 15 is 0 Å². The number of aromatic nitrogens is 1. The molecule has 1 heterocycles. The van der Waals surface area contributed by atoms with Gasteiger partial charge in [-0.15, -0.1) is 0 Å². The average molecular weight is 395 g/mol. The summed E-state index contributed by atoms with van der Waals surface area (Å²) in [5.41, 5.74) is 2.74. The molecule has 2 atom stereocenters. The van der Waals surface area contributed by atoms with Crippen LogP contribution in [0.4, 0.5) is 11.4 Å². The second-order valence-corrected chi connectivity index (χ2v) is 9.11. The highest BCUT2D eigenvalue weighted by Crippen LogP contribution is 2.58. The van der Waals surface area contributed by atoms with E-state index in [1.807, 2.05) is 92.6 Å². The van der Waals surface area contributed by atoms with Crippen LogP contribution in [0.2, 0.25) is 0 Å². The van der Waals surface area contributed by atoms with Gasteiger partial charge in [-0.3, -0.25) is 9.55 Å². The molecular formula is C22H26N3O2P. The molecule has 0 saturated heterocycles. The van der Waals surface area contributed by atoms with Crippen molar-refractivity contribution in [1.82, 2.24) is 4.98 Å². The molecule has 0 spiro atoms. The largest absolute Gasteiger partial charge is 0.378 e. The molecule has 1 aromatic heterocycles. The van der Waals surface area contributed by atoms with Crippen LogP contribution in [-0.2, 0) is 9.09 Å². The molecule has 2 aromatic carbocycles. The molecule has 6 heteroatoms. The first kappa shape index (κ1) is 20.1. The molecule has 1 N–H and O–H groups in total. The second kappa shape index (κ2) is 9.05. The lowest BCUT2D eigenvalue weighted by atomic mass is 10.2. The van der Waals surface area contributed by atoms with Gasteiger partial charge >= 0.3 is 0 Å². The maximum absolute atomic E-state index is 14.3. The fourth-order valence-corrected chi connectivity index (χ4v) is 5.45. The minimum absolute atomic E-state index is 0.347. The molecule has 0 amide bonds. The Hall–Kier alpha value is -2.62. The Bertz CT molecular complexity index is 916. The number of nitrogens with zero attached hydrogens (tertiary/aromatic N) is 2. The van der Waals surface area contributed by atoms with E-state index < -0.39 is 13.2 Å². The van der Waals surface area contributed by atoms with Gasteiger partial charge in [-0.05, 0) is 49.4 Å². The molecule has 2 unspecified atom stereocenters. The van der Waals surface area contributed by atoms with E-state index in [2.05, 4.69) is 10.3 Å². The van der Waals surface area contributed by atoms with Crippen molar-refractivity contribution >= 4 is 24.0 Å². The van der Waals surface area contributed by atoms with Crippen LogP contribution in [0.15, 0.2) is 79.1 Å². The zero-order chi connectivity index (χ0) is 20.0. The lowest BCUT2D eigenvalue weighted by molar-refractivity contribution is 0.335. The van der Waals surface area contributed by atoms with E-state index in [9.17, 15) is 4.57 Å². The van der Waals surface area contributed by atoms with Gasteiger partial charge in [0.2, 0.25) is 0 Å². The third-order valence-corrected chi connectivity index (χ3v) is 7.23. The predicted octanol–water partition coefficient (Wildman–Crippen LogP) is 4.90. The molecule has 28 heavy (non-hydrogen) atoms. The van der Waals surface area contributed by atoms with Crippen molar-refractivity contribution in [3.63, 3.8) is 0 Å². The Balaban J connectivity index is 2.08. The first-order valence-electron chi connectivity index (χ1n) is 9.28. The molecule has 0 saturated carbocycles. The molecule has 0 radical (unpaired) electrons. The Morgan fingerprint density at radius 2 is 1.75 bits per heavy atom. The van der Waals surface area contributed by atoms with Crippen molar-refractivity contribution in [3.05, 3.63) is 84.7 Å². The van der Waals surface area contributed by atoms with E-state index in [1.165, 1.54) is 0 Å². The van der Waals surface area contributed by atoms with Crippen LogP contribution in [0.1, 0.15) is 18.3 Å². The summed E-state index contributed by atoms with van der Waals surface area (Å²) in [5.74, 6) is -0.547. The highest BCUT2D eigenvalue weighted by molar-refractivity contribution is 7.67. The maximum atomic E-state index is 14.3. The third-order valence-electron chi connectivity index (χ3n) is 4.46. The SMILES string of the molecule is CCOP(=O)(c1ccc(N(C)C)cc1)C(Nc1ccccc1)c1cccnc1. The maximum Gasteiger partial charge on any atom is 0.258 e. The molecule has 5 nitrogen and oxygen atoms in total. The van der Waals surface area contributed by atoms with Crippen LogP contribution in [0, 0.1) is 0 Å². The smallest absolute Gasteiger partial charge is 0.258 e. The van der Waals surface area contributed by atoms with E-state index in [4.69, 9.17) is 4.52 Å². The summed E-state index contributed by atoms with van der Waals surface area (Å²) in [4.78, 5) is 6.24. The number of hydrogen-bond donors (Lipinski definition) is 1. The molecule has 3 aromatic rings. The van der Waals surface area contributed by atoms with Crippen molar-refractivity contribution in [1.29, 1.82) is 0 Å². The zero-order valence-corrected chi connectivity index (χ0v) is 17.3. The normalized spacial score (nSPS) is 14.1. The first-order valence-corrected chi connectivity index (χ1v) is 11.0. The van der Waals surface area contributed by atoms with Crippen LogP contribution in [-0.4, -0.2) is 25.7 Å². The molecule has 0 fully saturated rings. The Morgan fingerprint density at radius 1 is 1.04 bits per heavy atom. The lowest BCUT2D eigenvalue weighted by Crippen LogP contribution is -2.21. The molecule has 0 aliphatic carbocycles. The molecule has 3 rings (SSSR count). The highest BCUT2D eigenvalue weighted by atomic mass is 31.2. The Morgan fingerprint density at radius 3 is 2.32 bits per heavy atom. The van der Waals surface area contributed by atoms with E-state index in [1.54, 1.807) is 12.4 Å². The van der Waals surface area contributed by atoms with Crippen LogP contribution >= 0.6 is 7.37 Å². The van der Waals surface area contributed by atoms with E-state index in [0.717, 1.165) is 16.9 Å². The van der Waals surface area contributed by atoms with Crippen molar-refractivity contribution in [2.45, 2.75) is 12.7 Å². The van der Waals surface area contributed by atoms with Gasteiger partial charge in [-0.2, -0.15) is 0 Å². The lowest BCUT2D eigenvalue weighted by Gasteiger charge is -2.29. The summed E-state index contributed by atoms with van der Waals surface area (Å²) < 4.78 is 20.2. The average Bonchev–Trinajstić information content (AvgIpc) is 2.73. The monoisotopic (exact) mass is 395 g/mol. The fraction of sp³-hybridized carbons (Fsp3) is 0.227. The molecule has 0 bridgehead atoms. The second-order valence-electron chi connectivity index (χ2n) is 6.62. The number of para-hydroxylation sites is 1. The number of nitrogens with one attached hydrogen (secondary N) is 1. The number of rotatable bonds is 8. The predicted molar refractivity (Wildman–Crippen MR) is 117 cm³/mol. The van der Waals surface area contributed by atoms with Gasteiger partial charge in [0.15, 0.2) is 0 Å². The Labute approximate surface area is 166 Å². The fourth-order valence-electron chi connectivity index (χ4n) is 3.04. The van der Waals surface area contributed by atoms with Crippen molar-refractivity contribution < 1.29 is 9.09 Å². The topological polar surface area (TPSA) is 54.5 Å². The Kier molecular flexibility index (Phi) is 6.50. The van der Waals surface area contributed by atoms with Gasteiger partial charge in [0.05, 0.1) is 6.61 Å². The van der Waals surface area contributed by atoms with Crippen LogP contribution < -0.4 is 15.5 Å². The number of benzene rings is 2. The van der Waals surface area contributed by atoms with Gasteiger partial charge in [-0.1, -0.05) is 24.3 Å². The van der Waals surface area contributed by atoms with Crippen LogP contribution in [0.3, 0.4) is 0 Å². The molecule has 0 aliphatic heterocycles. The van der Waals surface area contributed by atoms with Crippen molar-refractivity contribution in [2.75, 3.05) is 30.9 Å². The van der Waals surface area contributed by atoms with Gasteiger partial charge in [0.25, 0.3) is 7.37 Å². The summed E-state index contributed by atoms with van der Waals surface area (Å²) in [5, 5.41) is 4.10. The quantitative estimate of drug-likeness (QED) is 0.550. The summed E-state index contributed by atoms with van der Waals surface area (Å²) in [6.45, 7) is 2.21. The van der Waals surface area contributed by atoms with Gasteiger partial charge in [0, 0.05) is 48.7 Å². The summed E-state index contributed by atoms with van der Waals surface area (Å²) in [6.07, 6.45) is 3.45. The third kappa shape index (κ3) is 4.44. The van der Waals surface area contributed by atoms with Crippen molar-refractivity contribution in [2.24, 2.45) is 0 Å². The number of hydrogen-bond acceptors (Lipinski definition) is 5. The first-order chi connectivity index (χ1) is 13.5. The molecule has 146 valence electrons. The van der Waals surface area contributed by atoms with Gasteiger partial charge in [-0.25, -0.2) is 0 Å². The van der Waals surface area contributed by atoms with E-state index in [0.29, 0.717) is 11.9 Å². The zero-order valence-electron chi connectivity index (χ0n) is 16.4. The van der Waals surface area contributed by atoms with Crippen LogP contribution in [0.5, 0.6) is 0 Å².